The average Bonchev–Trinajstić information content (AvgIpc) is 3.14. The van der Waals surface area contributed by atoms with Crippen LogP contribution in [0.15, 0.2) is 71.8 Å². The number of amides is 3. The Balaban J connectivity index is 1.51. The number of halogens is 1. The van der Waals surface area contributed by atoms with Gasteiger partial charge in [-0.2, -0.15) is 5.10 Å². The van der Waals surface area contributed by atoms with Crippen LogP contribution in [0.1, 0.15) is 21.5 Å². The van der Waals surface area contributed by atoms with Crippen molar-refractivity contribution in [2.24, 2.45) is 5.10 Å². The van der Waals surface area contributed by atoms with E-state index in [-0.39, 0.29) is 6.42 Å². The Bertz CT molecular complexity index is 1510. The van der Waals surface area contributed by atoms with Gasteiger partial charge < -0.3 is 20.7 Å². The summed E-state index contributed by atoms with van der Waals surface area (Å²) in [6.07, 6.45) is 0.202. The maximum Gasteiger partial charge on any atom is 0.405 e. The first kappa shape index (κ1) is 22.8. The molecule has 0 fully saturated rings. The second-order valence-corrected chi connectivity index (χ2v) is 8.25. The molecule has 0 aliphatic carbocycles. The highest BCUT2D eigenvalue weighted by molar-refractivity contribution is 6.18. The Morgan fingerprint density at radius 1 is 1.06 bits per heavy atom. The molecule has 0 unspecified atom stereocenters. The number of carbonyl (C=O) groups is 3. The molecule has 1 aliphatic rings. The van der Waals surface area contributed by atoms with Gasteiger partial charge in [-0.1, -0.05) is 42.5 Å². The van der Waals surface area contributed by atoms with E-state index in [9.17, 15) is 23.9 Å². The largest absolute Gasteiger partial charge is 0.465 e. The van der Waals surface area contributed by atoms with Crippen LogP contribution in [0.5, 0.6) is 0 Å². The summed E-state index contributed by atoms with van der Waals surface area (Å²) in [7, 11) is 0. The normalized spacial score (nSPS) is 13.1. The van der Waals surface area contributed by atoms with Crippen LogP contribution in [0.25, 0.3) is 22.2 Å². The van der Waals surface area contributed by atoms with Crippen LogP contribution in [-0.4, -0.2) is 40.3 Å². The van der Waals surface area contributed by atoms with Gasteiger partial charge in [-0.3, -0.25) is 9.59 Å². The number of aromatic nitrogens is 1. The highest BCUT2D eigenvalue weighted by Crippen LogP contribution is 2.34. The topological polar surface area (TPSA) is 136 Å². The first-order chi connectivity index (χ1) is 17.4. The van der Waals surface area contributed by atoms with Gasteiger partial charge in [0.2, 0.25) is 5.91 Å². The smallest absolute Gasteiger partial charge is 0.405 e. The monoisotopic (exact) mass is 485 g/mol. The van der Waals surface area contributed by atoms with Gasteiger partial charge in [0.15, 0.2) is 0 Å². The van der Waals surface area contributed by atoms with Gasteiger partial charge in [0.05, 0.1) is 17.5 Å². The van der Waals surface area contributed by atoms with Crippen molar-refractivity contribution in [3.8, 4) is 11.3 Å². The number of benzene rings is 3. The molecule has 3 aromatic carbocycles. The van der Waals surface area contributed by atoms with Crippen molar-refractivity contribution in [3.05, 3.63) is 89.2 Å². The van der Waals surface area contributed by atoms with Crippen molar-refractivity contribution in [1.82, 2.24) is 15.7 Å². The molecule has 0 radical (unpaired) electrons. The van der Waals surface area contributed by atoms with Gasteiger partial charge in [0.1, 0.15) is 11.9 Å². The number of hydrogen-bond acceptors (Lipinski definition) is 4. The summed E-state index contributed by atoms with van der Waals surface area (Å²) in [5.41, 5.74) is 6.62. The Morgan fingerprint density at radius 3 is 2.53 bits per heavy atom. The number of H-pyrrole nitrogens is 1. The summed E-state index contributed by atoms with van der Waals surface area (Å²) in [5.74, 6) is -1.52. The Labute approximate surface area is 204 Å². The molecular formula is C26H20FN5O4. The van der Waals surface area contributed by atoms with Gasteiger partial charge in [-0.15, -0.1) is 0 Å². The fraction of sp³-hybridized carbons (Fsp3) is 0.0769. The molecule has 1 aliphatic heterocycles. The van der Waals surface area contributed by atoms with E-state index in [1.165, 1.54) is 30.3 Å². The maximum absolute atomic E-state index is 13.2. The molecule has 5 rings (SSSR count). The average molecular weight is 485 g/mol. The number of hydrazone groups is 1. The number of nitrogens with one attached hydrogen (secondary N) is 4. The van der Waals surface area contributed by atoms with Crippen LogP contribution in [0.3, 0.4) is 0 Å². The molecule has 1 aromatic heterocycles. The standard InChI is InChI=1S/C26H20FN5O4/c27-16-8-6-14(7-9-16)10-21(31-26(35)36)25(34)29-17-11-18-22-19(13-28-32-24(18)33)23(30-20(22)12-17)15-4-2-1-3-5-15/h1-9,11-13,21,30-31H,10H2,(H,29,34)(H,32,33)(H,35,36)/t21-/m1/s1. The van der Waals surface area contributed by atoms with Crippen molar-refractivity contribution in [1.29, 1.82) is 0 Å². The Morgan fingerprint density at radius 2 is 1.81 bits per heavy atom. The molecule has 10 heteroatoms. The van der Waals surface area contributed by atoms with Crippen molar-refractivity contribution in [2.45, 2.75) is 12.5 Å². The minimum absolute atomic E-state index is 0.00659. The predicted octanol–water partition coefficient (Wildman–Crippen LogP) is 3.87. The molecular weight excluding hydrogens is 465 g/mol. The van der Waals surface area contributed by atoms with E-state index < -0.39 is 29.8 Å². The van der Waals surface area contributed by atoms with Crippen LogP contribution < -0.4 is 16.1 Å². The fourth-order valence-corrected chi connectivity index (χ4v) is 4.23. The van der Waals surface area contributed by atoms with Crippen molar-refractivity contribution < 1.29 is 23.9 Å². The molecule has 4 aromatic rings. The molecule has 36 heavy (non-hydrogen) atoms. The molecule has 9 nitrogen and oxygen atoms in total. The van der Waals surface area contributed by atoms with Gasteiger partial charge in [-0.05, 0) is 35.4 Å². The number of aromatic amines is 1. The Hall–Kier alpha value is -4.99. The first-order valence-corrected chi connectivity index (χ1v) is 11.0. The van der Waals surface area contributed by atoms with Gasteiger partial charge in [-0.25, -0.2) is 14.6 Å². The summed E-state index contributed by atoms with van der Waals surface area (Å²) in [6.45, 7) is 0. The lowest BCUT2D eigenvalue weighted by molar-refractivity contribution is -0.118. The van der Waals surface area contributed by atoms with Crippen LogP contribution in [0, 0.1) is 5.82 Å². The quantitative estimate of drug-likeness (QED) is 0.283. The van der Waals surface area contributed by atoms with Gasteiger partial charge in [0.25, 0.3) is 5.91 Å². The molecule has 3 amide bonds. The number of hydrogen-bond donors (Lipinski definition) is 5. The number of anilines is 1. The third-order valence-electron chi connectivity index (χ3n) is 5.84. The summed E-state index contributed by atoms with van der Waals surface area (Å²) in [6, 6.07) is 17.0. The van der Waals surface area contributed by atoms with Gasteiger partial charge >= 0.3 is 6.09 Å². The zero-order valence-corrected chi connectivity index (χ0v) is 18.7. The van der Waals surface area contributed by atoms with E-state index >= 15 is 0 Å². The highest BCUT2D eigenvalue weighted by Gasteiger charge is 2.25. The fourth-order valence-electron chi connectivity index (χ4n) is 4.23. The molecule has 180 valence electrons. The van der Waals surface area contributed by atoms with Gasteiger partial charge in [0, 0.05) is 28.6 Å². The molecule has 0 saturated carbocycles. The molecule has 0 bridgehead atoms. The molecule has 0 saturated heterocycles. The van der Waals surface area contributed by atoms with E-state index in [0.717, 1.165) is 16.8 Å². The van der Waals surface area contributed by atoms with Crippen molar-refractivity contribution in [3.63, 3.8) is 0 Å². The Kier molecular flexibility index (Phi) is 5.91. The maximum atomic E-state index is 13.2. The second kappa shape index (κ2) is 9.34. The number of carbonyl (C=O) groups excluding carboxylic acids is 2. The predicted molar refractivity (Wildman–Crippen MR) is 132 cm³/mol. The van der Waals surface area contributed by atoms with E-state index in [4.69, 9.17) is 0 Å². The van der Waals surface area contributed by atoms with Crippen LogP contribution >= 0.6 is 0 Å². The van der Waals surface area contributed by atoms with Crippen LogP contribution in [0.2, 0.25) is 0 Å². The van der Waals surface area contributed by atoms with E-state index in [1.54, 1.807) is 12.3 Å². The summed E-state index contributed by atoms with van der Waals surface area (Å²) in [5, 5.41) is 18.8. The zero-order valence-electron chi connectivity index (χ0n) is 18.7. The van der Waals surface area contributed by atoms with E-state index in [2.05, 4.69) is 26.1 Å². The lowest BCUT2D eigenvalue weighted by Crippen LogP contribution is -2.44. The van der Waals surface area contributed by atoms with E-state index in [1.807, 2.05) is 30.3 Å². The molecule has 1 atom stereocenters. The van der Waals surface area contributed by atoms with E-state index in [0.29, 0.717) is 27.7 Å². The minimum Gasteiger partial charge on any atom is -0.465 e. The second-order valence-electron chi connectivity index (χ2n) is 8.25. The third-order valence-corrected chi connectivity index (χ3v) is 5.84. The highest BCUT2D eigenvalue weighted by atomic mass is 19.1. The van der Waals surface area contributed by atoms with Crippen LogP contribution in [0.4, 0.5) is 14.9 Å². The van der Waals surface area contributed by atoms with Crippen LogP contribution in [-0.2, 0) is 11.2 Å². The lowest BCUT2D eigenvalue weighted by atomic mass is 10.0. The summed E-state index contributed by atoms with van der Waals surface area (Å²) in [4.78, 5) is 40.5. The third kappa shape index (κ3) is 4.51. The number of carboxylic acid groups (broad SMARTS) is 1. The van der Waals surface area contributed by atoms with Crippen molar-refractivity contribution >= 4 is 40.7 Å². The first-order valence-electron chi connectivity index (χ1n) is 11.0. The molecule has 0 spiro atoms. The molecule has 5 N–H and O–H groups in total. The molecule has 2 heterocycles. The number of nitrogens with zero attached hydrogens (tertiary/aromatic N) is 1. The summed E-state index contributed by atoms with van der Waals surface area (Å²) >= 11 is 0. The lowest BCUT2D eigenvalue weighted by Gasteiger charge is -2.17. The minimum atomic E-state index is -1.38. The SMILES string of the molecule is O=C(O)N[C@H](Cc1ccc(F)cc1)C(=O)Nc1cc2c3c(c(-c4ccccc4)[nH]c3c1)C=NNC2=O. The zero-order chi connectivity index (χ0) is 25.2. The van der Waals surface area contributed by atoms with Crippen molar-refractivity contribution in [2.75, 3.05) is 5.32 Å². The number of rotatable bonds is 6. The summed E-state index contributed by atoms with van der Waals surface area (Å²) < 4.78 is 13.2.